The highest BCUT2D eigenvalue weighted by Gasteiger charge is 2.29. The van der Waals surface area contributed by atoms with Crippen molar-refractivity contribution in [1.82, 2.24) is 4.90 Å². The molecule has 1 aromatic rings. The van der Waals surface area contributed by atoms with Gasteiger partial charge in [-0.15, -0.1) is 0 Å². The molecule has 1 aliphatic rings. The summed E-state index contributed by atoms with van der Waals surface area (Å²) < 4.78 is 0. The summed E-state index contributed by atoms with van der Waals surface area (Å²) in [7, 11) is 0. The minimum Gasteiger partial charge on any atom is -0.369 e. The number of amides is 3. The monoisotopic (exact) mass is 320 g/mol. The first-order valence-electron chi connectivity index (χ1n) is 7.02. The third-order valence-electron chi connectivity index (χ3n) is 3.71. The molecule has 1 aromatic carbocycles. The zero-order chi connectivity index (χ0) is 17.0. The predicted molar refractivity (Wildman–Crippen MR) is 80.2 cm³/mol. The summed E-state index contributed by atoms with van der Waals surface area (Å²) in [6.45, 7) is 0.584. The van der Waals surface area contributed by atoms with Crippen LogP contribution in [-0.2, 0) is 14.4 Å². The SMILES string of the molecule is NC(=O)C1CCN(C(=O)C(=O)Nc2ccc([N+](=O)[O-])cc2)CC1. The molecule has 1 fully saturated rings. The predicted octanol–water partition coefficient (Wildman–Crippen LogP) is 0.257. The van der Waals surface area contributed by atoms with Crippen LogP contribution in [0.3, 0.4) is 0 Å². The number of non-ortho nitro benzene ring substituents is 1. The molecule has 3 N–H and O–H groups in total. The van der Waals surface area contributed by atoms with Gasteiger partial charge in [-0.05, 0) is 25.0 Å². The van der Waals surface area contributed by atoms with E-state index in [0.29, 0.717) is 31.6 Å². The van der Waals surface area contributed by atoms with Gasteiger partial charge < -0.3 is 16.0 Å². The Morgan fingerprint density at radius 1 is 1.17 bits per heavy atom. The molecule has 122 valence electrons. The van der Waals surface area contributed by atoms with E-state index < -0.39 is 22.6 Å². The maximum Gasteiger partial charge on any atom is 0.313 e. The summed E-state index contributed by atoms with van der Waals surface area (Å²) in [6.07, 6.45) is 0.873. The molecule has 0 spiro atoms. The largest absolute Gasteiger partial charge is 0.369 e. The number of nitrogens with zero attached hydrogens (tertiary/aromatic N) is 2. The van der Waals surface area contributed by atoms with Crippen molar-refractivity contribution in [3.63, 3.8) is 0 Å². The molecule has 23 heavy (non-hydrogen) atoms. The van der Waals surface area contributed by atoms with Gasteiger partial charge in [-0.1, -0.05) is 0 Å². The Morgan fingerprint density at radius 3 is 2.22 bits per heavy atom. The zero-order valence-corrected chi connectivity index (χ0v) is 12.2. The lowest BCUT2D eigenvalue weighted by Gasteiger charge is -2.29. The second-order valence-corrected chi connectivity index (χ2v) is 5.23. The zero-order valence-electron chi connectivity index (χ0n) is 12.2. The second-order valence-electron chi connectivity index (χ2n) is 5.23. The maximum atomic E-state index is 12.0. The third-order valence-corrected chi connectivity index (χ3v) is 3.71. The van der Waals surface area contributed by atoms with Gasteiger partial charge in [-0.25, -0.2) is 0 Å². The molecule has 0 unspecified atom stereocenters. The van der Waals surface area contributed by atoms with Crippen LogP contribution >= 0.6 is 0 Å². The summed E-state index contributed by atoms with van der Waals surface area (Å²) in [5.74, 6) is -2.19. The number of carbonyl (C=O) groups excluding carboxylic acids is 3. The van der Waals surface area contributed by atoms with Crippen LogP contribution in [-0.4, -0.2) is 40.6 Å². The Morgan fingerprint density at radius 2 is 1.74 bits per heavy atom. The number of rotatable bonds is 3. The number of nitrogens with one attached hydrogen (secondary N) is 1. The number of hydrogen-bond acceptors (Lipinski definition) is 5. The van der Waals surface area contributed by atoms with Gasteiger partial charge in [0.1, 0.15) is 0 Å². The summed E-state index contributed by atoms with van der Waals surface area (Å²) >= 11 is 0. The molecule has 0 atom stereocenters. The molecule has 9 heteroatoms. The summed E-state index contributed by atoms with van der Waals surface area (Å²) in [6, 6.07) is 5.17. The number of nitrogens with two attached hydrogens (primary N) is 1. The van der Waals surface area contributed by atoms with Crippen LogP contribution in [0.4, 0.5) is 11.4 Å². The van der Waals surface area contributed by atoms with Crippen molar-refractivity contribution in [2.24, 2.45) is 11.7 Å². The number of likely N-dealkylation sites (tertiary alicyclic amines) is 1. The normalized spacial score (nSPS) is 15.0. The van der Waals surface area contributed by atoms with Gasteiger partial charge >= 0.3 is 11.8 Å². The van der Waals surface area contributed by atoms with Crippen molar-refractivity contribution in [3.8, 4) is 0 Å². The van der Waals surface area contributed by atoms with Crippen molar-refractivity contribution < 1.29 is 19.3 Å². The van der Waals surface area contributed by atoms with Crippen molar-refractivity contribution >= 4 is 29.1 Å². The van der Waals surface area contributed by atoms with Gasteiger partial charge in [-0.3, -0.25) is 24.5 Å². The molecule has 0 saturated carbocycles. The number of anilines is 1. The van der Waals surface area contributed by atoms with E-state index in [-0.39, 0.29) is 11.6 Å². The molecule has 9 nitrogen and oxygen atoms in total. The summed E-state index contributed by atoms with van der Waals surface area (Å²) in [4.78, 5) is 46.4. The quantitative estimate of drug-likeness (QED) is 0.467. The maximum absolute atomic E-state index is 12.0. The van der Waals surface area contributed by atoms with E-state index in [4.69, 9.17) is 5.73 Å². The molecule has 1 heterocycles. The van der Waals surface area contributed by atoms with Crippen LogP contribution < -0.4 is 11.1 Å². The number of piperidine rings is 1. The van der Waals surface area contributed by atoms with Crippen LogP contribution in [0.2, 0.25) is 0 Å². The van der Waals surface area contributed by atoms with E-state index in [9.17, 15) is 24.5 Å². The highest BCUT2D eigenvalue weighted by Crippen LogP contribution is 2.18. The topological polar surface area (TPSA) is 136 Å². The molecule has 0 radical (unpaired) electrons. The van der Waals surface area contributed by atoms with Crippen molar-refractivity contribution in [2.45, 2.75) is 12.8 Å². The number of carbonyl (C=O) groups is 3. The fraction of sp³-hybridized carbons (Fsp3) is 0.357. The third kappa shape index (κ3) is 4.02. The lowest BCUT2D eigenvalue weighted by Crippen LogP contribution is -2.46. The van der Waals surface area contributed by atoms with Gasteiger partial charge in [0.25, 0.3) is 5.69 Å². The molecule has 0 aliphatic carbocycles. The van der Waals surface area contributed by atoms with E-state index in [1.807, 2.05) is 0 Å². The summed E-state index contributed by atoms with van der Waals surface area (Å²) in [5, 5.41) is 12.9. The smallest absolute Gasteiger partial charge is 0.313 e. The Balaban J connectivity index is 1.91. The minimum atomic E-state index is -0.823. The Labute approximate surface area is 131 Å². The Kier molecular flexibility index (Phi) is 4.89. The average molecular weight is 320 g/mol. The Hall–Kier alpha value is -2.97. The van der Waals surface area contributed by atoms with Crippen LogP contribution in [0.5, 0.6) is 0 Å². The number of hydrogen-bond donors (Lipinski definition) is 2. The lowest BCUT2D eigenvalue weighted by molar-refractivity contribution is -0.384. The first kappa shape index (κ1) is 16.4. The van der Waals surface area contributed by atoms with Crippen LogP contribution in [0.15, 0.2) is 24.3 Å². The van der Waals surface area contributed by atoms with Crippen LogP contribution in [0.1, 0.15) is 12.8 Å². The average Bonchev–Trinajstić information content (AvgIpc) is 2.54. The highest BCUT2D eigenvalue weighted by atomic mass is 16.6. The van der Waals surface area contributed by atoms with E-state index in [0.717, 1.165) is 0 Å². The molecule has 2 rings (SSSR count). The van der Waals surface area contributed by atoms with Gasteiger partial charge in [0, 0.05) is 36.8 Å². The summed E-state index contributed by atoms with van der Waals surface area (Å²) in [5.41, 5.74) is 5.40. The molecular weight excluding hydrogens is 304 g/mol. The first-order chi connectivity index (χ1) is 10.9. The number of primary amides is 1. The Bertz CT molecular complexity index is 635. The van der Waals surface area contributed by atoms with E-state index in [2.05, 4.69) is 5.32 Å². The van der Waals surface area contributed by atoms with Crippen LogP contribution in [0.25, 0.3) is 0 Å². The van der Waals surface area contributed by atoms with E-state index in [1.54, 1.807) is 0 Å². The lowest BCUT2D eigenvalue weighted by atomic mass is 9.96. The van der Waals surface area contributed by atoms with Crippen molar-refractivity contribution in [2.75, 3.05) is 18.4 Å². The number of nitro benzene ring substituents is 1. The van der Waals surface area contributed by atoms with Gasteiger partial charge in [0.2, 0.25) is 5.91 Å². The molecule has 0 aromatic heterocycles. The standard InChI is InChI=1S/C14H16N4O5/c15-12(19)9-5-7-17(8-6-9)14(21)13(20)16-10-1-3-11(4-2-10)18(22)23/h1-4,9H,5-8H2,(H2,15,19)(H,16,20). The molecular formula is C14H16N4O5. The fourth-order valence-corrected chi connectivity index (χ4v) is 2.36. The minimum absolute atomic E-state index is 0.108. The van der Waals surface area contributed by atoms with Gasteiger partial charge in [-0.2, -0.15) is 0 Å². The first-order valence-corrected chi connectivity index (χ1v) is 7.02. The number of nitro groups is 1. The van der Waals surface area contributed by atoms with E-state index in [1.165, 1.54) is 29.2 Å². The van der Waals surface area contributed by atoms with Crippen molar-refractivity contribution in [3.05, 3.63) is 34.4 Å². The van der Waals surface area contributed by atoms with Crippen LogP contribution in [0, 0.1) is 16.0 Å². The fourth-order valence-electron chi connectivity index (χ4n) is 2.36. The number of benzene rings is 1. The second kappa shape index (κ2) is 6.86. The van der Waals surface area contributed by atoms with Gasteiger partial charge in [0.05, 0.1) is 4.92 Å². The molecule has 1 aliphatic heterocycles. The highest BCUT2D eigenvalue weighted by molar-refractivity contribution is 6.39. The van der Waals surface area contributed by atoms with Gasteiger partial charge in [0.15, 0.2) is 0 Å². The van der Waals surface area contributed by atoms with E-state index >= 15 is 0 Å². The molecule has 1 saturated heterocycles. The molecule has 3 amide bonds. The van der Waals surface area contributed by atoms with Crippen molar-refractivity contribution in [1.29, 1.82) is 0 Å². The molecule has 0 bridgehead atoms.